The molecule has 0 unspecified atom stereocenters. The van der Waals surface area contributed by atoms with Crippen molar-refractivity contribution in [2.45, 2.75) is 72.6 Å². The van der Waals surface area contributed by atoms with E-state index in [1.807, 2.05) is 0 Å². The lowest BCUT2D eigenvalue weighted by atomic mass is 9.71. The minimum Gasteiger partial charge on any atom is -0.299 e. The maximum Gasteiger partial charge on any atom is 0.138 e. The number of hydrogen-bond donors (Lipinski definition) is 0. The fourth-order valence-corrected chi connectivity index (χ4v) is 2.40. The number of Topliss-reactive ketones (excluding diaryl/α,β-unsaturated/α-hetero) is 1. The summed E-state index contributed by atoms with van der Waals surface area (Å²) in [5.41, 5.74) is 0.310. The molecule has 0 N–H and O–H groups in total. The molecule has 1 saturated carbocycles. The van der Waals surface area contributed by atoms with Gasteiger partial charge in [-0.25, -0.2) is 0 Å². The molecule has 1 aliphatic carbocycles. The van der Waals surface area contributed by atoms with Gasteiger partial charge in [0.15, 0.2) is 0 Å². The Balaban J connectivity index is 2.45. The molecule has 88 valence electrons. The quantitative estimate of drug-likeness (QED) is 0.676. The van der Waals surface area contributed by atoms with E-state index in [1.54, 1.807) is 0 Å². The van der Waals surface area contributed by atoms with Crippen molar-refractivity contribution in [2.75, 3.05) is 0 Å². The Kier molecular flexibility index (Phi) is 3.97. The van der Waals surface area contributed by atoms with E-state index in [9.17, 15) is 4.79 Å². The van der Waals surface area contributed by atoms with Gasteiger partial charge in [-0.15, -0.1) is 0 Å². The molecule has 1 aliphatic rings. The summed E-state index contributed by atoms with van der Waals surface area (Å²) in [4.78, 5) is 12.2. The van der Waals surface area contributed by atoms with Crippen LogP contribution in [0, 0.1) is 10.8 Å². The summed E-state index contributed by atoms with van der Waals surface area (Å²) < 4.78 is 0. The Hall–Kier alpha value is -0.330. The van der Waals surface area contributed by atoms with Crippen LogP contribution in [0.5, 0.6) is 0 Å². The van der Waals surface area contributed by atoms with Crippen LogP contribution in [0.25, 0.3) is 0 Å². The van der Waals surface area contributed by atoms with Crippen LogP contribution in [-0.2, 0) is 4.79 Å². The molecule has 0 aromatic heterocycles. The lowest BCUT2D eigenvalue weighted by Crippen LogP contribution is -2.30. The minimum absolute atomic E-state index is 0.0174. The third kappa shape index (κ3) is 3.96. The minimum atomic E-state index is 0.0174. The molecule has 1 heteroatoms. The van der Waals surface area contributed by atoms with Crippen molar-refractivity contribution in [1.82, 2.24) is 0 Å². The van der Waals surface area contributed by atoms with Crippen molar-refractivity contribution < 1.29 is 4.79 Å². The zero-order valence-electron chi connectivity index (χ0n) is 10.9. The smallest absolute Gasteiger partial charge is 0.138 e. The van der Waals surface area contributed by atoms with Crippen LogP contribution >= 0.6 is 0 Å². The van der Waals surface area contributed by atoms with Crippen LogP contribution in [0.4, 0.5) is 0 Å². The van der Waals surface area contributed by atoms with E-state index in [1.165, 1.54) is 19.3 Å². The molecule has 0 bridgehead atoms. The van der Waals surface area contributed by atoms with E-state index in [-0.39, 0.29) is 5.41 Å². The van der Waals surface area contributed by atoms with Crippen molar-refractivity contribution in [3.05, 3.63) is 0 Å². The predicted molar refractivity (Wildman–Crippen MR) is 64.9 cm³/mol. The Morgan fingerprint density at radius 1 is 1.13 bits per heavy atom. The van der Waals surface area contributed by atoms with Crippen LogP contribution in [0.1, 0.15) is 72.6 Å². The number of rotatable bonds is 3. The van der Waals surface area contributed by atoms with Gasteiger partial charge in [0.2, 0.25) is 0 Å². The lowest BCUT2D eigenvalue weighted by molar-refractivity contribution is -0.130. The summed E-state index contributed by atoms with van der Waals surface area (Å²) in [5.74, 6) is 0.511. The highest BCUT2D eigenvalue weighted by Crippen LogP contribution is 2.38. The van der Waals surface area contributed by atoms with Gasteiger partial charge in [0, 0.05) is 11.8 Å². The zero-order valence-corrected chi connectivity index (χ0v) is 10.9. The molecule has 15 heavy (non-hydrogen) atoms. The molecule has 0 saturated heterocycles. The van der Waals surface area contributed by atoms with E-state index in [2.05, 4.69) is 27.7 Å². The average Bonchev–Trinajstić information content (AvgIpc) is 2.14. The average molecular weight is 210 g/mol. The molecular formula is C14H26O. The topological polar surface area (TPSA) is 17.1 Å². The van der Waals surface area contributed by atoms with Gasteiger partial charge < -0.3 is 0 Å². The summed E-state index contributed by atoms with van der Waals surface area (Å²) >= 11 is 0. The number of carbonyl (C=O) groups is 1. The van der Waals surface area contributed by atoms with Crippen LogP contribution in [0.3, 0.4) is 0 Å². The van der Waals surface area contributed by atoms with Crippen molar-refractivity contribution in [3.63, 3.8) is 0 Å². The summed E-state index contributed by atoms with van der Waals surface area (Å²) in [6.45, 7) is 8.81. The third-order valence-corrected chi connectivity index (χ3v) is 3.73. The van der Waals surface area contributed by atoms with Gasteiger partial charge in [0.1, 0.15) is 5.78 Å². The molecule has 1 fully saturated rings. The predicted octanol–water partition coefficient (Wildman–Crippen LogP) is 4.35. The first-order valence-corrected chi connectivity index (χ1v) is 6.37. The molecule has 0 heterocycles. The van der Waals surface area contributed by atoms with Gasteiger partial charge in [-0.2, -0.15) is 0 Å². The summed E-state index contributed by atoms with van der Waals surface area (Å²) in [7, 11) is 0. The number of hydrogen-bond acceptors (Lipinski definition) is 1. The lowest BCUT2D eigenvalue weighted by Gasteiger charge is -2.33. The standard InChI is InChI=1S/C14H26O/c1-13(2,3)11-8-12(15)14(4)9-6-5-7-10-14/h5-11H2,1-4H3. The molecule has 0 aromatic carbocycles. The van der Waals surface area contributed by atoms with Crippen molar-refractivity contribution >= 4 is 5.78 Å². The Bertz CT molecular complexity index is 216. The Morgan fingerprint density at radius 2 is 1.67 bits per heavy atom. The van der Waals surface area contributed by atoms with Gasteiger partial charge in [-0.1, -0.05) is 47.0 Å². The summed E-state index contributed by atoms with van der Waals surface area (Å²) in [6, 6.07) is 0. The first-order chi connectivity index (χ1) is 6.83. The summed E-state index contributed by atoms with van der Waals surface area (Å²) in [5, 5.41) is 0. The molecule has 0 spiro atoms. The largest absolute Gasteiger partial charge is 0.299 e. The van der Waals surface area contributed by atoms with Gasteiger partial charge in [0.05, 0.1) is 0 Å². The molecule has 0 radical (unpaired) electrons. The Morgan fingerprint density at radius 3 is 2.13 bits per heavy atom. The second kappa shape index (κ2) is 4.67. The van der Waals surface area contributed by atoms with E-state index >= 15 is 0 Å². The van der Waals surface area contributed by atoms with E-state index < -0.39 is 0 Å². The first-order valence-electron chi connectivity index (χ1n) is 6.37. The highest BCUT2D eigenvalue weighted by Gasteiger charge is 2.34. The number of ketones is 1. The second-order valence-electron chi connectivity index (χ2n) is 6.61. The van der Waals surface area contributed by atoms with Gasteiger partial charge in [-0.05, 0) is 24.7 Å². The molecule has 0 aliphatic heterocycles. The normalized spacial score (nSPS) is 21.3. The molecule has 1 rings (SSSR count). The van der Waals surface area contributed by atoms with E-state index in [0.717, 1.165) is 25.7 Å². The van der Waals surface area contributed by atoms with Crippen LogP contribution in [0.15, 0.2) is 0 Å². The molecular weight excluding hydrogens is 184 g/mol. The van der Waals surface area contributed by atoms with Crippen LogP contribution in [-0.4, -0.2) is 5.78 Å². The fourth-order valence-electron chi connectivity index (χ4n) is 2.40. The fraction of sp³-hybridized carbons (Fsp3) is 0.929. The third-order valence-electron chi connectivity index (χ3n) is 3.73. The maximum absolute atomic E-state index is 12.2. The number of carbonyl (C=O) groups excluding carboxylic acids is 1. The second-order valence-corrected chi connectivity index (χ2v) is 6.61. The summed E-state index contributed by atoms with van der Waals surface area (Å²) in [6.07, 6.45) is 7.87. The van der Waals surface area contributed by atoms with E-state index in [0.29, 0.717) is 11.2 Å². The van der Waals surface area contributed by atoms with Gasteiger partial charge in [-0.3, -0.25) is 4.79 Å². The van der Waals surface area contributed by atoms with Gasteiger partial charge >= 0.3 is 0 Å². The highest BCUT2D eigenvalue weighted by molar-refractivity contribution is 5.84. The maximum atomic E-state index is 12.2. The van der Waals surface area contributed by atoms with Crippen LogP contribution < -0.4 is 0 Å². The van der Waals surface area contributed by atoms with Crippen molar-refractivity contribution in [1.29, 1.82) is 0 Å². The molecule has 0 aromatic rings. The molecule has 1 nitrogen and oxygen atoms in total. The van der Waals surface area contributed by atoms with Crippen molar-refractivity contribution in [2.24, 2.45) is 10.8 Å². The Labute approximate surface area is 94.6 Å². The molecule has 0 atom stereocenters. The first kappa shape index (κ1) is 12.7. The van der Waals surface area contributed by atoms with Crippen LogP contribution in [0.2, 0.25) is 0 Å². The van der Waals surface area contributed by atoms with Crippen molar-refractivity contribution in [3.8, 4) is 0 Å². The molecule has 0 amide bonds. The zero-order chi connectivity index (χ0) is 11.5. The SMILES string of the molecule is CC(C)(C)CCC(=O)C1(C)CCCCC1. The monoisotopic (exact) mass is 210 g/mol. The van der Waals surface area contributed by atoms with E-state index in [4.69, 9.17) is 0 Å². The van der Waals surface area contributed by atoms with Gasteiger partial charge in [0.25, 0.3) is 0 Å². The highest BCUT2D eigenvalue weighted by atomic mass is 16.1.